The molecule has 1 unspecified atom stereocenters. The molecule has 1 aromatic rings. The van der Waals surface area contributed by atoms with Crippen molar-refractivity contribution in [3.05, 3.63) is 65.7 Å². The van der Waals surface area contributed by atoms with Crippen molar-refractivity contribution in [3.63, 3.8) is 0 Å². The average Bonchev–Trinajstić information content (AvgIpc) is 3.19. The second kappa shape index (κ2) is 9.26. The van der Waals surface area contributed by atoms with Gasteiger partial charge in [-0.2, -0.15) is 0 Å². The van der Waals surface area contributed by atoms with E-state index in [1.165, 1.54) is 31.2 Å². The SMILES string of the molecule is CC(C)C(=O)[AsH]C1CCC(c2ccc(NC(=O)N3C=C4C=CNC=C4C3)cc2)CC1. The normalized spacial score (nSPS) is 23.2. The number of nitrogens with one attached hydrogen (secondary N) is 2. The van der Waals surface area contributed by atoms with Crippen LogP contribution in [-0.2, 0) is 4.79 Å². The van der Waals surface area contributed by atoms with Crippen LogP contribution in [0.1, 0.15) is 51.0 Å². The predicted molar refractivity (Wildman–Crippen MR) is 123 cm³/mol. The number of rotatable bonds is 5. The van der Waals surface area contributed by atoms with Crippen LogP contribution in [0.2, 0.25) is 4.71 Å². The standard InChI is InChI=1S/C24H30AsN3O2/c1-16(2)23(29)25-21-7-3-17(4-8-21)18-5-9-22(10-6-18)27-24(30)28-14-19-11-12-26-13-20(19)15-28/h5-6,9-14,16-17,21,25-26H,3-4,7-8,15H2,1-2H3,(H,27,30). The molecule has 1 aromatic carbocycles. The number of benzene rings is 1. The number of fused-ring (bicyclic) bond motifs is 1. The van der Waals surface area contributed by atoms with Crippen molar-refractivity contribution in [2.24, 2.45) is 5.92 Å². The van der Waals surface area contributed by atoms with Gasteiger partial charge in [-0.1, -0.05) is 0 Å². The molecule has 1 fully saturated rings. The Bertz CT molecular complexity index is 894. The van der Waals surface area contributed by atoms with Gasteiger partial charge in [-0.05, 0) is 17.2 Å². The van der Waals surface area contributed by atoms with Gasteiger partial charge < -0.3 is 5.32 Å². The number of amides is 2. The summed E-state index contributed by atoms with van der Waals surface area (Å²) in [6.45, 7) is 4.64. The summed E-state index contributed by atoms with van der Waals surface area (Å²) in [6, 6.07) is 8.19. The van der Waals surface area contributed by atoms with Crippen molar-refractivity contribution in [1.29, 1.82) is 0 Å². The van der Waals surface area contributed by atoms with Crippen LogP contribution in [0.3, 0.4) is 0 Å². The van der Waals surface area contributed by atoms with E-state index >= 15 is 0 Å². The molecule has 2 heterocycles. The summed E-state index contributed by atoms with van der Waals surface area (Å²) in [5.41, 5.74) is 4.36. The summed E-state index contributed by atoms with van der Waals surface area (Å²) < 4.78 is 1.20. The molecule has 30 heavy (non-hydrogen) atoms. The van der Waals surface area contributed by atoms with Crippen LogP contribution < -0.4 is 10.6 Å². The van der Waals surface area contributed by atoms with E-state index < -0.39 is 15.8 Å². The quantitative estimate of drug-likeness (QED) is 0.628. The van der Waals surface area contributed by atoms with Gasteiger partial charge in [0.25, 0.3) is 0 Å². The number of nitrogens with zero attached hydrogens (tertiary/aromatic N) is 1. The van der Waals surface area contributed by atoms with Crippen LogP contribution in [0.5, 0.6) is 0 Å². The van der Waals surface area contributed by atoms with E-state index in [9.17, 15) is 9.59 Å². The molecule has 2 amide bonds. The van der Waals surface area contributed by atoms with Crippen LogP contribution >= 0.6 is 0 Å². The Kier molecular flexibility index (Phi) is 6.48. The van der Waals surface area contributed by atoms with E-state index in [1.807, 2.05) is 50.7 Å². The van der Waals surface area contributed by atoms with Crippen molar-refractivity contribution in [3.8, 4) is 0 Å². The zero-order chi connectivity index (χ0) is 21.1. The summed E-state index contributed by atoms with van der Waals surface area (Å²) in [5.74, 6) is 0.778. The molecule has 0 radical (unpaired) electrons. The number of carbonyl (C=O) groups is 2. The third-order valence-electron chi connectivity index (χ3n) is 6.12. The number of urea groups is 1. The van der Waals surface area contributed by atoms with Gasteiger partial charge in [0, 0.05) is 12.4 Å². The number of hydrogen-bond donors (Lipinski definition) is 2. The van der Waals surface area contributed by atoms with Crippen LogP contribution in [0, 0.1) is 5.92 Å². The predicted octanol–water partition coefficient (Wildman–Crippen LogP) is 4.48. The Hall–Kier alpha value is -2.26. The van der Waals surface area contributed by atoms with Gasteiger partial charge in [-0.25, -0.2) is 0 Å². The van der Waals surface area contributed by atoms with Gasteiger partial charge >= 0.3 is 150 Å². The van der Waals surface area contributed by atoms with Crippen molar-refractivity contribution >= 4 is 32.0 Å². The third kappa shape index (κ3) is 4.89. The molecule has 1 aliphatic carbocycles. The first-order valence-electron chi connectivity index (χ1n) is 10.8. The van der Waals surface area contributed by atoms with E-state index in [2.05, 4.69) is 22.8 Å². The molecule has 1 saturated carbocycles. The van der Waals surface area contributed by atoms with E-state index in [0.717, 1.165) is 16.8 Å². The molecule has 5 nitrogen and oxygen atoms in total. The molecule has 0 spiro atoms. The Labute approximate surface area is 185 Å². The molecular formula is C24H30AsN3O2. The van der Waals surface area contributed by atoms with Gasteiger partial charge in [0.15, 0.2) is 0 Å². The summed E-state index contributed by atoms with van der Waals surface area (Å²) >= 11 is -0.468. The third-order valence-corrected chi connectivity index (χ3v) is 9.99. The number of carbonyl (C=O) groups excluding carboxylic acids is 2. The van der Waals surface area contributed by atoms with Crippen LogP contribution in [-0.4, -0.2) is 37.8 Å². The van der Waals surface area contributed by atoms with Crippen LogP contribution in [0.4, 0.5) is 10.5 Å². The molecule has 2 aliphatic heterocycles. The van der Waals surface area contributed by atoms with Crippen LogP contribution in [0.25, 0.3) is 0 Å². The minimum atomic E-state index is -0.468. The molecule has 4 rings (SSSR count). The van der Waals surface area contributed by atoms with E-state index in [0.29, 0.717) is 21.7 Å². The molecule has 2 N–H and O–H groups in total. The van der Waals surface area contributed by atoms with Gasteiger partial charge in [0.1, 0.15) is 0 Å². The minimum absolute atomic E-state index is 0.112. The zero-order valence-corrected chi connectivity index (χ0v) is 19.7. The molecule has 1 atom stereocenters. The van der Waals surface area contributed by atoms with Crippen LogP contribution in [0.15, 0.2) is 60.1 Å². The molecule has 6 heteroatoms. The fraction of sp³-hybridized carbons (Fsp3) is 0.417. The number of hydrogen-bond acceptors (Lipinski definition) is 3. The van der Waals surface area contributed by atoms with Gasteiger partial charge in [0.05, 0.1) is 0 Å². The Balaban J connectivity index is 1.29. The fourth-order valence-electron chi connectivity index (χ4n) is 4.24. The van der Waals surface area contributed by atoms with Gasteiger partial charge in [-0.3, -0.25) is 0 Å². The number of anilines is 1. The molecule has 158 valence electrons. The molecule has 0 bridgehead atoms. The first kappa shape index (κ1) is 21.0. The van der Waals surface area contributed by atoms with E-state index in [4.69, 9.17) is 0 Å². The fourth-order valence-corrected chi connectivity index (χ4v) is 7.09. The molecular weight excluding hydrogens is 437 g/mol. The summed E-state index contributed by atoms with van der Waals surface area (Å²) in [6.07, 6.45) is 12.4. The average molecular weight is 467 g/mol. The van der Waals surface area contributed by atoms with Crippen molar-refractivity contribution in [1.82, 2.24) is 10.2 Å². The topological polar surface area (TPSA) is 61.4 Å². The van der Waals surface area contributed by atoms with E-state index in [-0.39, 0.29) is 11.9 Å². The summed E-state index contributed by atoms with van der Waals surface area (Å²) in [7, 11) is 0. The molecule has 0 aromatic heterocycles. The monoisotopic (exact) mass is 467 g/mol. The second-order valence-corrected chi connectivity index (χ2v) is 12.0. The molecule has 3 aliphatic rings. The maximum absolute atomic E-state index is 12.6. The van der Waals surface area contributed by atoms with Crippen molar-refractivity contribution in [2.45, 2.75) is 50.2 Å². The number of allylic oxidation sites excluding steroid dienone is 1. The van der Waals surface area contributed by atoms with E-state index in [1.54, 1.807) is 4.90 Å². The van der Waals surface area contributed by atoms with Crippen molar-refractivity contribution < 1.29 is 9.59 Å². The van der Waals surface area contributed by atoms with Gasteiger partial charge in [0.2, 0.25) is 0 Å². The Morgan fingerprint density at radius 1 is 1.13 bits per heavy atom. The molecule has 0 saturated heterocycles. The summed E-state index contributed by atoms with van der Waals surface area (Å²) in [5, 5.41) is 6.06. The first-order chi connectivity index (χ1) is 14.5. The summed E-state index contributed by atoms with van der Waals surface area (Å²) in [4.78, 5) is 26.4. The Morgan fingerprint density at radius 2 is 1.87 bits per heavy atom. The second-order valence-electron chi connectivity index (χ2n) is 8.65. The van der Waals surface area contributed by atoms with Crippen molar-refractivity contribution in [2.75, 3.05) is 11.9 Å². The zero-order valence-electron chi connectivity index (χ0n) is 17.7. The Morgan fingerprint density at radius 3 is 2.53 bits per heavy atom. The maximum atomic E-state index is 12.6. The first-order valence-corrected chi connectivity index (χ1v) is 13.1. The van der Waals surface area contributed by atoms with Gasteiger partial charge in [-0.15, -0.1) is 0 Å². The number of dihydropyridines is 1.